The maximum absolute atomic E-state index is 12.7. The first-order chi connectivity index (χ1) is 10.8. The molecule has 0 radical (unpaired) electrons. The lowest BCUT2D eigenvalue weighted by molar-refractivity contribution is -0.136. The number of carbonyl (C=O) groups is 2. The van der Waals surface area contributed by atoms with Gasteiger partial charge in [0.1, 0.15) is 6.61 Å². The summed E-state index contributed by atoms with van der Waals surface area (Å²) in [5.41, 5.74) is 2.10. The van der Waals surface area contributed by atoms with Crippen LogP contribution in [0.4, 0.5) is 5.69 Å². The number of para-hydroxylation sites is 1. The Bertz CT molecular complexity index is 764. The number of hydrogen-bond donors (Lipinski definition) is 0. The second-order valence-corrected chi connectivity index (χ2v) is 6.25. The highest BCUT2D eigenvalue weighted by Gasteiger charge is 2.43. The molecule has 2 aromatic rings. The van der Waals surface area contributed by atoms with Gasteiger partial charge in [-0.2, -0.15) is 0 Å². The van der Waals surface area contributed by atoms with Crippen LogP contribution in [-0.4, -0.2) is 18.5 Å². The second kappa shape index (κ2) is 5.10. The van der Waals surface area contributed by atoms with Gasteiger partial charge in [-0.3, -0.25) is 9.69 Å². The predicted octanol–water partition coefficient (Wildman–Crippen LogP) is 3.08. The van der Waals surface area contributed by atoms with E-state index in [1.165, 1.54) is 0 Å². The third-order valence-electron chi connectivity index (χ3n) is 4.02. The molecule has 0 spiro atoms. The molecule has 0 saturated heterocycles. The first-order valence-electron chi connectivity index (χ1n) is 7.07. The molecule has 2 aliphatic heterocycles. The molecule has 1 amide bonds. The molecule has 1 aromatic heterocycles. The fourth-order valence-corrected chi connectivity index (χ4v) is 3.90. The number of amides is 1. The van der Waals surface area contributed by atoms with Gasteiger partial charge in [0.25, 0.3) is 0 Å². The number of cyclic esters (lactones) is 1. The fourth-order valence-electron chi connectivity index (χ4n) is 3.06. The minimum atomic E-state index is -0.304. The molecule has 1 atom stereocenters. The summed E-state index contributed by atoms with van der Waals surface area (Å²) in [7, 11) is 0. The summed E-state index contributed by atoms with van der Waals surface area (Å²) < 4.78 is 5.23. The van der Waals surface area contributed by atoms with Crippen LogP contribution >= 0.6 is 11.3 Å². The summed E-state index contributed by atoms with van der Waals surface area (Å²) in [6.45, 7) is 0.163. The van der Waals surface area contributed by atoms with E-state index in [1.807, 2.05) is 47.8 Å². The van der Waals surface area contributed by atoms with Crippen molar-refractivity contribution in [3.63, 3.8) is 0 Å². The molecule has 2 aliphatic rings. The Labute approximate surface area is 131 Å². The number of thiophene rings is 1. The number of benzene rings is 1. The average molecular weight is 311 g/mol. The largest absolute Gasteiger partial charge is 0.456 e. The second-order valence-electron chi connectivity index (χ2n) is 5.27. The third-order valence-corrected chi connectivity index (χ3v) is 5.00. The molecule has 0 saturated carbocycles. The lowest BCUT2D eigenvalue weighted by atomic mass is 9.88. The van der Waals surface area contributed by atoms with E-state index in [1.54, 1.807) is 16.2 Å². The van der Waals surface area contributed by atoms with Crippen LogP contribution in [-0.2, 0) is 14.3 Å². The van der Waals surface area contributed by atoms with E-state index in [0.29, 0.717) is 17.7 Å². The molecule has 4 rings (SSSR count). The zero-order valence-corrected chi connectivity index (χ0v) is 12.5. The quantitative estimate of drug-likeness (QED) is 0.801. The normalized spacial score (nSPS) is 21.1. The molecule has 0 bridgehead atoms. The molecular weight excluding hydrogens is 298 g/mol. The van der Waals surface area contributed by atoms with Gasteiger partial charge >= 0.3 is 5.97 Å². The number of nitrogens with zero attached hydrogens (tertiary/aromatic N) is 1. The average Bonchev–Trinajstić information content (AvgIpc) is 3.18. The van der Waals surface area contributed by atoms with Gasteiger partial charge < -0.3 is 4.74 Å². The topological polar surface area (TPSA) is 46.6 Å². The van der Waals surface area contributed by atoms with Gasteiger partial charge in [-0.25, -0.2) is 4.79 Å². The first kappa shape index (κ1) is 13.3. The third kappa shape index (κ3) is 1.97. The van der Waals surface area contributed by atoms with E-state index in [0.717, 1.165) is 10.6 Å². The van der Waals surface area contributed by atoms with Crippen molar-refractivity contribution in [3.8, 4) is 0 Å². The molecule has 0 fully saturated rings. The number of anilines is 1. The molecule has 0 unspecified atom stereocenters. The molecule has 110 valence electrons. The smallest absolute Gasteiger partial charge is 0.337 e. The summed E-state index contributed by atoms with van der Waals surface area (Å²) in [5, 5.41) is 1.96. The van der Waals surface area contributed by atoms with Crippen molar-refractivity contribution in [1.82, 2.24) is 0 Å². The van der Waals surface area contributed by atoms with Gasteiger partial charge in [-0.05, 0) is 23.6 Å². The Balaban J connectivity index is 1.85. The lowest BCUT2D eigenvalue weighted by Crippen LogP contribution is -2.37. The Morgan fingerprint density at radius 1 is 1.09 bits per heavy atom. The van der Waals surface area contributed by atoms with Gasteiger partial charge in [0.2, 0.25) is 5.91 Å². The van der Waals surface area contributed by atoms with E-state index < -0.39 is 0 Å². The summed E-state index contributed by atoms with van der Waals surface area (Å²) in [4.78, 5) is 27.5. The number of carbonyl (C=O) groups excluding carboxylic acids is 2. The molecule has 0 N–H and O–H groups in total. The number of hydrogen-bond acceptors (Lipinski definition) is 4. The van der Waals surface area contributed by atoms with Crippen LogP contribution in [0.3, 0.4) is 0 Å². The van der Waals surface area contributed by atoms with Crippen LogP contribution in [0, 0.1) is 0 Å². The van der Waals surface area contributed by atoms with Crippen molar-refractivity contribution in [3.05, 3.63) is 64.0 Å². The maximum Gasteiger partial charge on any atom is 0.337 e. The van der Waals surface area contributed by atoms with E-state index in [9.17, 15) is 9.59 Å². The SMILES string of the molecule is O=C1OCC2=C1[C@@H](c1cccs1)CC(=O)N2c1ccccc1. The Morgan fingerprint density at radius 3 is 2.64 bits per heavy atom. The monoisotopic (exact) mass is 311 g/mol. The Hall–Kier alpha value is -2.40. The van der Waals surface area contributed by atoms with Gasteiger partial charge in [0.15, 0.2) is 0 Å². The molecule has 1 aromatic carbocycles. The van der Waals surface area contributed by atoms with E-state index in [-0.39, 0.29) is 24.4 Å². The van der Waals surface area contributed by atoms with Crippen LogP contribution in [0.1, 0.15) is 17.2 Å². The summed E-state index contributed by atoms with van der Waals surface area (Å²) in [6.07, 6.45) is 0.295. The zero-order valence-electron chi connectivity index (χ0n) is 11.7. The van der Waals surface area contributed by atoms with Gasteiger partial charge in [-0.15, -0.1) is 11.3 Å². The van der Waals surface area contributed by atoms with E-state index >= 15 is 0 Å². The van der Waals surface area contributed by atoms with Crippen molar-refractivity contribution >= 4 is 28.9 Å². The van der Waals surface area contributed by atoms with Crippen LogP contribution < -0.4 is 4.90 Å². The number of ether oxygens (including phenoxy) is 1. The minimum absolute atomic E-state index is 0.00153. The zero-order chi connectivity index (χ0) is 15.1. The molecular formula is C17H13NO3S. The van der Waals surface area contributed by atoms with Crippen LogP contribution in [0.2, 0.25) is 0 Å². The standard InChI is InChI=1S/C17H13NO3S/c19-15-9-12(14-7-4-8-22-14)16-13(10-21-17(16)20)18(15)11-5-2-1-3-6-11/h1-8,12H,9-10H2/t12-/m1/s1. The molecule has 3 heterocycles. The van der Waals surface area contributed by atoms with Gasteiger partial charge in [0.05, 0.1) is 11.3 Å². The predicted molar refractivity (Wildman–Crippen MR) is 83.6 cm³/mol. The minimum Gasteiger partial charge on any atom is -0.456 e. The molecule has 0 aliphatic carbocycles. The van der Waals surface area contributed by atoms with Gasteiger partial charge in [-0.1, -0.05) is 24.3 Å². The molecule has 5 heteroatoms. The molecule has 22 heavy (non-hydrogen) atoms. The summed E-state index contributed by atoms with van der Waals surface area (Å²) >= 11 is 1.57. The highest BCUT2D eigenvalue weighted by atomic mass is 32.1. The molecule has 4 nitrogen and oxygen atoms in total. The highest BCUT2D eigenvalue weighted by molar-refractivity contribution is 7.10. The summed E-state index contributed by atoms with van der Waals surface area (Å²) in [5.74, 6) is -0.485. The van der Waals surface area contributed by atoms with E-state index in [2.05, 4.69) is 0 Å². The van der Waals surface area contributed by atoms with Crippen molar-refractivity contribution in [2.24, 2.45) is 0 Å². The van der Waals surface area contributed by atoms with Crippen LogP contribution in [0.15, 0.2) is 59.1 Å². The maximum atomic E-state index is 12.7. The van der Waals surface area contributed by atoms with Gasteiger partial charge in [0, 0.05) is 22.9 Å². The Morgan fingerprint density at radius 2 is 1.91 bits per heavy atom. The van der Waals surface area contributed by atoms with Crippen LogP contribution in [0.25, 0.3) is 0 Å². The van der Waals surface area contributed by atoms with Crippen molar-refractivity contribution in [2.45, 2.75) is 12.3 Å². The van der Waals surface area contributed by atoms with Crippen LogP contribution in [0.5, 0.6) is 0 Å². The van der Waals surface area contributed by atoms with Crippen molar-refractivity contribution in [2.75, 3.05) is 11.5 Å². The van der Waals surface area contributed by atoms with Crippen molar-refractivity contribution in [1.29, 1.82) is 0 Å². The number of esters is 1. The number of rotatable bonds is 2. The fraction of sp³-hybridized carbons (Fsp3) is 0.176. The Kier molecular flexibility index (Phi) is 3.08. The highest BCUT2D eigenvalue weighted by Crippen LogP contribution is 2.42. The lowest BCUT2D eigenvalue weighted by Gasteiger charge is -2.31. The van der Waals surface area contributed by atoms with E-state index in [4.69, 9.17) is 4.74 Å². The van der Waals surface area contributed by atoms with Crippen molar-refractivity contribution < 1.29 is 14.3 Å². The summed E-state index contributed by atoms with van der Waals surface area (Å²) in [6, 6.07) is 13.3. The first-order valence-corrected chi connectivity index (χ1v) is 7.95.